The highest BCUT2D eigenvalue weighted by atomic mass is 32.1. The summed E-state index contributed by atoms with van der Waals surface area (Å²) in [6.07, 6.45) is 0. The second kappa shape index (κ2) is 7.68. The molecule has 7 nitrogen and oxygen atoms in total. The summed E-state index contributed by atoms with van der Waals surface area (Å²) >= 11 is 2.63. The summed E-state index contributed by atoms with van der Waals surface area (Å²) in [7, 11) is 1.70. The van der Waals surface area contributed by atoms with E-state index in [-0.39, 0.29) is 18.1 Å². The highest BCUT2D eigenvalue weighted by Gasteiger charge is 2.36. The Balaban J connectivity index is 1.83. The molecule has 4 heterocycles. The maximum atomic E-state index is 13.8. The lowest BCUT2D eigenvalue weighted by atomic mass is 10.0. The first kappa shape index (κ1) is 20.6. The molecule has 2 aliphatic heterocycles. The molecule has 2 aliphatic rings. The van der Waals surface area contributed by atoms with Crippen LogP contribution in [0.2, 0.25) is 0 Å². The Hall–Kier alpha value is -3.30. The van der Waals surface area contributed by atoms with Gasteiger partial charge in [-0.3, -0.25) is 14.2 Å². The molecule has 9 heteroatoms. The van der Waals surface area contributed by atoms with Gasteiger partial charge in [-0.2, -0.15) is 0 Å². The third-order valence-corrected chi connectivity index (χ3v) is 7.56. The number of nitrogens with zero attached hydrogens (tertiary/aromatic N) is 3. The van der Waals surface area contributed by atoms with Crippen molar-refractivity contribution in [3.63, 3.8) is 0 Å². The van der Waals surface area contributed by atoms with E-state index in [0.29, 0.717) is 26.2 Å². The van der Waals surface area contributed by atoms with Crippen molar-refractivity contribution in [2.75, 3.05) is 18.6 Å². The van der Waals surface area contributed by atoms with Crippen LogP contribution < -0.4 is 19.8 Å². The highest BCUT2D eigenvalue weighted by molar-refractivity contribution is 7.10. The van der Waals surface area contributed by atoms with E-state index in [4.69, 9.17) is 4.74 Å². The first-order chi connectivity index (χ1) is 15.4. The predicted octanol–water partition coefficient (Wildman–Crippen LogP) is 2.21. The Morgan fingerprint density at radius 3 is 2.69 bits per heavy atom. The number of thiophene rings is 1. The van der Waals surface area contributed by atoms with Crippen molar-refractivity contribution in [2.45, 2.75) is 19.9 Å². The zero-order chi connectivity index (χ0) is 22.6. The van der Waals surface area contributed by atoms with E-state index in [1.165, 1.54) is 27.2 Å². The maximum Gasteiger partial charge on any atom is 0.338 e. The number of hydrogen-bond donors (Lipinski definition) is 0. The number of hydrogen-bond acceptors (Lipinski definition) is 7. The van der Waals surface area contributed by atoms with Crippen LogP contribution in [0.4, 0.5) is 5.69 Å². The normalized spacial score (nSPS) is 19.0. The Morgan fingerprint density at radius 2 is 1.97 bits per heavy atom. The number of likely N-dealkylation sites (N-methyl/N-ethyl adjacent to an activating group) is 1. The maximum absolute atomic E-state index is 13.8. The molecule has 0 saturated carbocycles. The van der Waals surface area contributed by atoms with E-state index in [9.17, 15) is 14.4 Å². The minimum atomic E-state index is -0.649. The Morgan fingerprint density at radius 1 is 1.19 bits per heavy atom. The van der Waals surface area contributed by atoms with E-state index in [1.54, 1.807) is 25.8 Å². The van der Waals surface area contributed by atoms with Gasteiger partial charge in [0.05, 0.1) is 29.1 Å². The number of carbonyl (C=O) groups is 2. The van der Waals surface area contributed by atoms with Crippen LogP contribution in [0.3, 0.4) is 0 Å². The van der Waals surface area contributed by atoms with Crippen LogP contribution in [0.1, 0.15) is 30.3 Å². The van der Waals surface area contributed by atoms with Crippen LogP contribution >= 0.6 is 22.7 Å². The summed E-state index contributed by atoms with van der Waals surface area (Å²) in [4.78, 5) is 47.1. The number of rotatable bonds is 3. The van der Waals surface area contributed by atoms with Gasteiger partial charge in [0.15, 0.2) is 4.80 Å². The van der Waals surface area contributed by atoms with Gasteiger partial charge in [0.2, 0.25) is 0 Å². The van der Waals surface area contributed by atoms with E-state index in [0.717, 1.165) is 16.1 Å². The largest absolute Gasteiger partial charge is 0.463 e. The van der Waals surface area contributed by atoms with Gasteiger partial charge in [0.25, 0.3) is 11.5 Å². The summed E-state index contributed by atoms with van der Waals surface area (Å²) in [5.74, 6) is -0.724. The lowest BCUT2D eigenvalue weighted by Crippen LogP contribution is -2.40. The number of fused-ring (bicyclic) bond motifs is 2. The molecule has 0 radical (unpaired) electrons. The van der Waals surface area contributed by atoms with Crippen molar-refractivity contribution in [1.29, 1.82) is 0 Å². The van der Waals surface area contributed by atoms with Crippen molar-refractivity contribution in [1.82, 2.24) is 4.57 Å². The number of aromatic nitrogens is 1. The molecule has 1 aromatic carbocycles. The minimum absolute atomic E-state index is 0.221. The third kappa shape index (κ3) is 2.92. The molecule has 32 heavy (non-hydrogen) atoms. The Bertz CT molecular complexity index is 1480. The second-order valence-corrected chi connectivity index (χ2v) is 9.35. The molecule has 162 valence electrons. The third-order valence-electron chi connectivity index (χ3n) is 5.59. The molecule has 3 aromatic rings. The van der Waals surface area contributed by atoms with Crippen LogP contribution in [0.15, 0.2) is 62.8 Å². The average molecular weight is 466 g/mol. The number of anilines is 1. The number of para-hydroxylation sites is 1. The van der Waals surface area contributed by atoms with Crippen molar-refractivity contribution >= 4 is 45.8 Å². The van der Waals surface area contributed by atoms with Gasteiger partial charge in [0, 0.05) is 17.5 Å². The molecule has 0 saturated heterocycles. The van der Waals surface area contributed by atoms with Crippen LogP contribution in [-0.2, 0) is 14.3 Å². The van der Waals surface area contributed by atoms with E-state index in [1.807, 2.05) is 41.8 Å². The lowest BCUT2D eigenvalue weighted by Gasteiger charge is -2.23. The fourth-order valence-electron chi connectivity index (χ4n) is 4.15. The molecule has 0 spiro atoms. The molecular weight excluding hydrogens is 446 g/mol. The van der Waals surface area contributed by atoms with Crippen molar-refractivity contribution in [3.05, 3.63) is 83.2 Å². The molecule has 2 aromatic heterocycles. The summed E-state index contributed by atoms with van der Waals surface area (Å²) in [5, 5.41) is 1.90. The molecule has 0 unspecified atom stereocenters. The highest BCUT2D eigenvalue weighted by Crippen LogP contribution is 2.35. The molecule has 5 rings (SSSR count). The topological polar surface area (TPSA) is 81.0 Å². The number of carbonyl (C=O) groups excluding carboxylic acids is 2. The van der Waals surface area contributed by atoms with Crippen LogP contribution in [-0.4, -0.2) is 30.1 Å². The number of benzene rings is 1. The van der Waals surface area contributed by atoms with Gasteiger partial charge in [-0.15, -0.1) is 11.3 Å². The number of thiazole rings is 1. The summed E-state index contributed by atoms with van der Waals surface area (Å²) in [6.45, 7) is 3.71. The SMILES string of the molecule is CCOC(=O)C1=C(C)N=c2s/c(=C3\C(=O)N(C)c4ccccc43)c(=O)n2[C@H]1c1cccs1. The van der Waals surface area contributed by atoms with Crippen molar-refractivity contribution in [2.24, 2.45) is 4.99 Å². The number of esters is 1. The minimum Gasteiger partial charge on any atom is -0.463 e. The molecule has 0 aliphatic carbocycles. The molecule has 0 fully saturated rings. The van der Waals surface area contributed by atoms with Gasteiger partial charge in [0.1, 0.15) is 10.6 Å². The van der Waals surface area contributed by atoms with Crippen LogP contribution in [0.5, 0.6) is 0 Å². The predicted molar refractivity (Wildman–Crippen MR) is 124 cm³/mol. The van der Waals surface area contributed by atoms with E-state index >= 15 is 0 Å². The Kier molecular flexibility index (Phi) is 4.94. The summed E-state index contributed by atoms with van der Waals surface area (Å²) in [6, 6.07) is 10.5. The van der Waals surface area contributed by atoms with Crippen molar-refractivity contribution in [3.8, 4) is 0 Å². The first-order valence-corrected chi connectivity index (χ1v) is 11.8. The summed E-state index contributed by atoms with van der Waals surface area (Å²) < 4.78 is 7.13. The van der Waals surface area contributed by atoms with Gasteiger partial charge < -0.3 is 9.64 Å². The first-order valence-electron chi connectivity index (χ1n) is 10.1. The second-order valence-electron chi connectivity index (χ2n) is 7.39. The molecular formula is C23H19N3O4S2. The van der Waals surface area contributed by atoms with Crippen LogP contribution in [0, 0.1) is 0 Å². The van der Waals surface area contributed by atoms with E-state index < -0.39 is 12.0 Å². The average Bonchev–Trinajstić information content (AvgIpc) is 3.47. The smallest absolute Gasteiger partial charge is 0.338 e. The summed E-state index contributed by atoms with van der Waals surface area (Å²) in [5.41, 5.74) is 2.37. The van der Waals surface area contributed by atoms with Gasteiger partial charge in [-0.1, -0.05) is 35.6 Å². The van der Waals surface area contributed by atoms with Gasteiger partial charge >= 0.3 is 5.97 Å². The Labute approximate surface area is 191 Å². The number of ether oxygens (including phenoxy) is 1. The fourth-order valence-corrected chi connectivity index (χ4v) is 6.11. The molecule has 0 bridgehead atoms. The number of amides is 1. The zero-order valence-corrected chi connectivity index (χ0v) is 19.3. The molecule has 0 N–H and O–H groups in total. The number of allylic oxidation sites excluding steroid dienone is 1. The molecule has 1 atom stereocenters. The fraction of sp³-hybridized carbons (Fsp3) is 0.217. The van der Waals surface area contributed by atoms with Crippen LogP contribution in [0.25, 0.3) is 5.57 Å². The lowest BCUT2D eigenvalue weighted by molar-refractivity contribution is -0.139. The van der Waals surface area contributed by atoms with Crippen molar-refractivity contribution < 1.29 is 14.3 Å². The zero-order valence-electron chi connectivity index (χ0n) is 17.6. The monoisotopic (exact) mass is 465 g/mol. The quantitative estimate of drug-likeness (QED) is 0.556. The van der Waals surface area contributed by atoms with Gasteiger partial charge in [-0.25, -0.2) is 9.79 Å². The standard InChI is InChI=1S/C23H19N3O4S2/c1-4-30-22(29)16-12(2)24-23-26(18(16)15-10-7-11-31-15)21(28)19(32-23)17-13-8-5-6-9-14(13)25(3)20(17)27/h5-11,18H,4H2,1-3H3/b19-17-/t18-/m0/s1. The molecule has 1 amide bonds. The van der Waals surface area contributed by atoms with E-state index in [2.05, 4.69) is 4.99 Å². The van der Waals surface area contributed by atoms with Gasteiger partial charge in [-0.05, 0) is 31.4 Å².